The number of nitrogens with one attached hydrogen (secondary N) is 2. The van der Waals surface area contributed by atoms with Crippen molar-refractivity contribution in [3.05, 3.63) is 57.6 Å². The minimum Gasteiger partial charge on any atom is -0.361 e. The molecule has 0 saturated heterocycles. The number of hydrogen-bond donors (Lipinski definition) is 2. The number of aromatic amines is 2. The van der Waals surface area contributed by atoms with Gasteiger partial charge in [0.2, 0.25) is 15.0 Å². The first-order valence-corrected chi connectivity index (χ1v) is 9.90. The van der Waals surface area contributed by atoms with Crippen molar-refractivity contribution >= 4 is 20.7 Å². The summed E-state index contributed by atoms with van der Waals surface area (Å²) in [6.07, 6.45) is 3.60. The maximum absolute atomic E-state index is 12.1. The smallest absolute Gasteiger partial charge is 0.255 e. The van der Waals surface area contributed by atoms with Gasteiger partial charge in [0.15, 0.2) is 0 Å². The standard InChI is InChI=1S/C17H18N4O3S/c1-25(23,24)17-19-15-10-21(7-6-13(15)16(22)20-17)9-11-8-18-14-5-3-2-4-12(11)14/h2-5,8,18H,6-7,9-10H2,1H3,(H,19,20,22). The summed E-state index contributed by atoms with van der Waals surface area (Å²) in [5, 5.41) is 0.911. The number of benzene rings is 1. The number of H-pyrrole nitrogens is 2. The molecule has 1 aromatic carbocycles. The molecule has 0 saturated carbocycles. The van der Waals surface area contributed by atoms with Gasteiger partial charge in [-0.05, 0) is 18.1 Å². The molecule has 0 fully saturated rings. The maximum Gasteiger partial charge on any atom is 0.255 e. The topological polar surface area (TPSA) is 98.9 Å². The van der Waals surface area contributed by atoms with Crippen molar-refractivity contribution in [2.75, 3.05) is 12.8 Å². The van der Waals surface area contributed by atoms with E-state index < -0.39 is 9.84 Å². The van der Waals surface area contributed by atoms with Gasteiger partial charge in [0.1, 0.15) is 0 Å². The summed E-state index contributed by atoms with van der Waals surface area (Å²) >= 11 is 0. The Labute approximate surface area is 144 Å². The number of fused-ring (bicyclic) bond motifs is 2. The van der Waals surface area contributed by atoms with Crippen LogP contribution in [-0.2, 0) is 29.3 Å². The Kier molecular flexibility index (Phi) is 3.73. The molecule has 0 aliphatic carbocycles. The van der Waals surface area contributed by atoms with E-state index in [0.717, 1.165) is 18.3 Å². The fraction of sp³-hybridized carbons (Fsp3) is 0.294. The Morgan fingerprint density at radius 3 is 2.88 bits per heavy atom. The highest BCUT2D eigenvalue weighted by Gasteiger charge is 2.23. The van der Waals surface area contributed by atoms with Crippen LogP contribution in [0.5, 0.6) is 0 Å². The van der Waals surface area contributed by atoms with Gasteiger partial charge >= 0.3 is 0 Å². The summed E-state index contributed by atoms with van der Waals surface area (Å²) in [4.78, 5) is 24.2. The second-order valence-electron chi connectivity index (χ2n) is 6.39. The molecule has 0 bridgehead atoms. The van der Waals surface area contributed by atoms with Gasteiger partial charge in [-0.2, -0.15) is 0 Å². The van der Waals surface area contributed by atoms with Gasteiger partial charge in [0.05, 0.1) is 5.69 Å². The largest absolute Gasteiger partial charge is 0.361 e. The molecule has 130 valence electrons. The Morgan fingerprint density at radius 2 is 2.08 bits per heavy atom. The summed E-state index contributed by atoms with van der Waals surface area (Å²) in [5.74, 6) is 0. The van der Waals surface area contributed by atoms with E-state index in [0.29, 0.717) is 30.8 Å². The van der Waals surface area contributed by atoms with E-state index in [2.05, 4.69) is 25.9 Å². The molecular formula is C17H18N4O3S. The van der Waals surface area contributed by atoms with Crippen LogP contribution in [0.15, 0.2) is 40.4 Å². The van der Waals surface area contributed by atoms with Crippen LogP contribution in [0.1, 0.15) is 16.8 Å². The van der Waals surface area contributed by atoms with Crippen molar-refractivity contribution in [1.82, 2.24) is 19.9 Å². The fourth-order valence-corrected chi connectivity index (χ4v) is 3.84. The van der Waals surface area contributed by atoms with Gasteiger partial charge in [-0.25, -0.2) is 13.4 Å². The number of sulfone groups is 1. The predicted molar refractivity (Wildman–Crippen MR) is 94.1 cm³/mol. The van der Waals surface area contributed by atoms with Crippen molar-refractivity contribution < 1.29 is 8.42 Å². The van der Waals surface area contributed by atoms with Gasteiger partial charge < -0.3 is 4.98 Å². The lowest BCUT2D eigenvalue weighted by molar-refractivity contribution is 0.240. The first-order valence-electron chi connectivity index (χ1n) is 8.01. The van der Waals surface area contributed by atoms with E-state index in [1.807, 2.05) is 24.4 Å². The summed E-state index contributed by atoms with van der Waals surface area (Å²) in [5.41, 5.74) is 3.05. The van der Waals surface area contributed by atoms with Crippen molar-refractivity contribution in [3.8, 4) is 0 Å². The van der Waals surface area contributed by atoms with Crippen molar-refractivity contribution in [2.45, 2.75) is 24.7 Å². The zero-order valence-corrected chi connectivity index (χ0v) is 14.6. The summed E-state index contributed by atoms with van der Waals surface area (Å²) in [6.45, 7) is 1.91. The third kappa shape index (κ3) is 2.98. The molecule has 4 rings (SSSR count). The van der Waals surface area contributed by atoms with Crippen molar-refractivity contribution in [2.24, 2.45) is 0 Å². The third-order valence-corrected chi connectivity index (χ3v) is 5.45. The number of rotatable bonds is 3. The van der Waals surface area contributed by atoms with E-state index >= 15 is 0 Å². The summed E-state index contributed by atoms with van der Waals surface area (Å²) < 4.78 is 23.4. The first-order chi connectivity index (χ1) is 11.9. The Morgan fingerprint density at radius 1 is 1.28 bits per heavy atom. The zero-order chi connectivity index (χ0) is 17.6. The lowest BCUT2D eigenvalue weighted by Gasteiger charge is -2.27. The number of aromatic nitrogens is 3. The number of hydrogen-bond acceptors (Lipinski definition) is 5. The van der Waals surface area contributed by atoms with Crippen LogP contribution in [0.25, 0.3) is 10.9 Å². The normalized spacial score (nSPS) is 15.4. The molecule has 3 heterocycles. The van der Waals surface area contributed by atoms with Crippen LogP contribution in [0.2, 0.25) is 0 Å². The molecule has 0 spiro atoms. The average Bonchev–Trinajstić information content (AvgIpc) is 2.97. The van der Waals surface area contributed by atoms with Crippen LogP contribution >= 0.6 is 0 Å². The van der Waals surface area contributed by atoms with Crippen molar-refractivity contribution in [3.63, 3.8) is 0 Å². The minimum absolute atomic E-state index is 0.259. The third-order valence-electron chi connectivity index (χ3n) is 4.55. The molecule has 7 nitrogen and oxygen atoms in total. The molecule has 0 radical (unpaired) electrons. The molecule has 3 aromatic rings. The molecule has 2 aromatic heterocycles. The Hall–Kier alpha value is -2.45. The second kappa shape index (κ2) is 5.82. The Balaban J connectivity index is 1.64. The first kappa shape index (κ1) is 16.0. The quantitative estimate of drug-likeness (QED) is 0.686. The summed E-state index contributed by atoms with van der Waals surface area (Å²) in [7, 11) is -3.55. The maximum atomic E-state index is 12.1. The highest BCUT2D eigenvalue weighted by Crippen LogP contribution is 2.22. The lowest BCUT2D eigenvalue weighted by atomic mass is 10.1. The molecule has 0 unspecified atom stereocenters. The monoisotopic (exact) mass is 358 g/mol. The van der Waals surface area contributed by atoms with E-state index in [1.54, 1.807) is 0 Å². The fourth-order valence-electron chi connectivity index (χ4n) is 3.28. The van der Waals surface area contributed by atoms with E-state index in [-0.39, 0.29) is 10.7 Å². The van der Waals surface area contributed by atoms with Crippen LogP contribution in [0.4, 0.5) is 0 Å². The highest BCUT2D eigenvalue weighted by atomic mass is 32.2. The molecule has 1 aliphatic rings. The lowest BCUT2D eigenvalue weighted by Crippen LogP contribution is -2.35. The molecule has 8 heteroatoms. The zero-order valence-electron chi connectivity index (χ0n) is 13.7. The molecular weight excluding hydrogens is 340 g/mol. The number of nitrogens with zero attached hydrogens (tertiary/aromatic N) is 2. The van der Waals surface area contributed by atoms with Crippen LogP contribution in [-0.4, -0.2) is 41.1 Å². The van der Waals surface area contributed by atoms with Gasteiger partial charge in [0, 0.05) is 48.6 Å². The molecule has 25 heavy (non-hydrogen) atoms. The van der Waals surface area contributed by atoms with Gasteiger partial charge in [0.25, 0.3) is 5.56 Å². The van der Waals surface area contributed by atoms with Crippen LogP contribution < -0.4 is 5.56 Å². The van der Waals surface area contributed by atoms with E-state index in [9.17, 15) is 13.2 Å². The highest BCUT2D eigenvalue weighted by molar-refractivity contribution is 7.90. The van der Waals surface area contributed by atoms with E-state index in [1.165, 1.54) is 10.9 Å². The van der Waals surface area contributed by atoms with Gasteiger partial charge in [-0.15, -0.1) is 0 Å². The molecule has 2 N–H and O–H groups in total. The predicted octanol–water partition coefficient (Wildman–Crippen LogP) is 1.21. The van der Waals surface area contributed by atoms with Gasteiger partial charge in [-0.3, -0.25) is 14.7 Å². The second-order valence-corrected chi connectivity index (χ2v) is 8.32. The van der Waals surface area contributed by atoms with Gasteiger partial charge in [-0.1, -0.05) is 18.2 Å². The average molecular weight is 358 g/mol. The minimum atomic E-state index is -3.55. The molecule has 0 amide bonds. The van der Waals surface area contributed by atoms with Crippen LogP contribution in [0, 0.1) is 0 Å². The SMILES string of the molecule is CS(=O)(=O)c1nc2c(c(=O)[nH]1)CCN(Cc1c[nH]c3ccccc13)C2. The summed E-state index contributed by atoms with van der Waals surface area (Å²) in [6, 6.07) is 8.10. The number of para-hydroxylation sites is 1. The Bertz CT molecular complexity index is 1110. The van der Waals surface area contributed by atoms with E-state index in [4.69, 9.17) is 0 Å². The van der Waals surface area contributed by atoms with Crippen molar-refractivity contribution in [1.29, 1.82) is 0 Å². The molecule has 0 atom stereocenters. The van der Waals surface area contributed by atoms with Crippen LogP contribution in [0.3, 0.4) is 0 Å². The molecule has 1 aliphatic heterocycles.